The van der Waals surface area contributed by atoms with E-state index in [2.05, 4.69) is 121 Å². The average molecular weight is 602 g/mol. The van der Waals surface area contributed by atoms with Crippen LogP contribution in [0.4, 0.5) is 0 Å². The highest BCUT2D eigenvalue weighted by molar-refractivity contribution is 5.87. The van der Waals surface area contributed by atoms with Gasteiger partial charge < -0.3 is 19.5 Å². The van der Waals surface area contributed by atoms with Crippen molar-refractivity contribution in [3.63, 3.8) is 0 Å². The third-order valence-corrected chi connectivity index (χ3v) is 8.70. The third kappa shape index (κ3) is 8.86. The lowest BCUT2D eigenvalue weighted by Gasteiger charge is -2.22. The van der Waals surface area contributed by atoms with Gasteiger partial charge in [0.15, 0.2) is 0 Å². The smallest absolute Gasteiger partial charge is 0.221 e. The number of hydrogen-bond donors (Lipinski definition) is 1. The molecule has 0 bridgehead atoms. The predicted molar refractivity (Wildman–Crippen MR) is 186 cm³/mol. The molecule has 1 heterocycles. The molecule has 0 aliphatic rings. The summed E-state index contributed by atoms with van der Waals surface area (Å²) in [4.78, 5) is 16.1. The zero-order valence-corrected chi connectivity index (χ0v) is 27.0. The number of hydrogen-bond acceptors (Lipinski definition) is 3. The highest BCUT2D eigenvalue weighted by atomic mass is 16.5. The molecule has 0 aliphatic carbocycles. The average Bonchev–Trinajstić information content (AvgIpc) is 3.43. The summed E-state index contributed by atoms with van der Waals surface area (Å²) in [5, 5.41) is 4.50. The molecule has 0 spiro atoms. The Hall–Kier alpha value is -4.35. The Morgan fingerprint density at radius 3 is 2.27 bits per heavy atom. The van der Waals surface area contributed by atoms with Gasteiger partial charge in [0.2, 0.25) is 5.91 Å². The summed E-state index contributed by atoms with van der Waals surface area (Å²) >= 11 is 0. The number of para-hydroxylation sites is 1. The van der Waals surface area contributed by atoms with E-state index in [4.69, 9.17) is 4.74 Å². The minimum atomic E-state index is -0.130. The summed E-state index contributed by atoms with van der Waals surface area (Å²) < 4.78 is 8.55. The molecule has 0 saturated heterocycles. The van der Waals surface area contributed by atoms with Crippen molar-refractivity contribution in [1.29, 1.82) is 0 Å². The largest absolute Gasteiger partial charge is 0.489 e. The Bertz CT molecular complexity index is 1630. The van der Waals surface area contributed by atoms with Crippen molar-refractivity contribution in [2.75, 3.05) is 19.6 Å². The second-order valence-electron chi connectivity index (χ2n) is 12.0. The lowest BCUT2D eigenvalue weighted by atomic mass is 9.87. The van der Waals surface area contributed by atoms with Gasteiger partial charge >= 0.3 is 0 Å². The molecule has 0 aliphatic heterocycles. The lowest BCUT2D eigenvalue weighted by molar-refractivity contribution is -0.121. The van der Waals surface area contributed by atoms with Crippen molar-refractivity contribution in [3.05, 3.63) is 138 Å². The fourth-order valence-electron chi connectivity index (χ4n) is 6.19. The maximum absolute atomic E-state index is 13.7. The van der Waals surface area contributed by atoms with Crippen LogP contribution in [0.2, 0.25) is 0 Å². The summed E-state index contributed by atoms with van der Waals surface area (Å²) in [5.41, 5.74) is 5.77. The van der Waals surface area contributed by atoms with Gasteiger partial charge in [0.1, 0.15) is 12.4 Å². The van der Waals surface area contributed by atoms with Crippen molar-refractivity contribution >= 4 is 16.8 Å². The number of ether oxygens (including phenoxy) is 1. The first-order valence-electron chi connectivity index (χ1n) is 16.4. The highest BCUT2D eigenvalue weighted by Gasteiger charge is 2.24. The Morgan fingerprint density at radius 2 is 1.53 bits per heavy atom. The summed E-state index contributed by atoms with van der Waals surface area (Å²) in [6, 6.07) is 37.7. The number of nitrogens with one attached hydrogen (secondary N) is 1. The molecule has 45 heavy (non-hydrogen) atoms. The van der Waals surface area contributed by atoms with Crippen LogP contribution in [0.1, 0.15) is 68.2 Å². The summed E-state index contributed by atoms with van der Waals surface area (Å²) in [6.45, 7) is 11.0. The molecule has 5 heteroatoms. The second-order valence-corrected chi connectivity index (χ2v) is 12.0. The first-order valence-corrected chi connectivity index (χ1v) is 16.4. The molecular formula is C40H47N3O2. The van der Waals surface area contributed by atoms with Gasteiger partial charge in [-0.05, 0) is 79.9 Å². The quantitative estimate of drug-likeness (QED) is 0.124. The molecule has 234 valence electrons. The molecule has 0 radical (unpaired) electrons. The van der Waals surface area contributed by atoms with E-state index in [9.17, 15) is 4.79 Å². The van der Waals surface area contributed by atoms with Gasteiger partial charge in [-0.15, -0.1) is 0 Å². The first-order chi connectivity index (χ1) is 22.0. The van der Waals surface area contributed by atoms with E-state index in [1.807, 2.05) is 30.3 Å². The van der Waals surface area contributed by atoms with E-state index < -0.39 is 0 Å². The van der Waals surface area contributed by atoms with Crippen molar-refractivity contribution in [1.82, 2.24) is 14.8 Å². The van der Waals surface area contributed by atoms with Gasteiger partial charge in [-0.1, -0.05) is 105 Å². The zero-order valence-electron chi connectivity index (χ0n) is 27.0. The third-order valence-electron chi connectivity index (χ3n) is 8.70. The SMILES string of the molecule is CCN(CC)CCC[C@H](C)NC(=O)C[C@H](c1cccc(OCc2ccccc2)c1)c1cn(Cc2ccccc2)c2ccccc12. The van der Waals surface area contributed by atoms with Crippen LogP contribution in [0.5, 0.6) is 5.75 Å². The number of amides is 1. The molecule has 4 aromatic carbocycles. The molecule has 5 nitrogen and oxygen atoms in total. The van der Waals surface area contributed by atoms with Crippen molar-refractivity contribution in [2.24, 2.45) is 0 Å². The van der Waals surface area contributed by atoms with E-state index >= 15 is 0 Å². The molecular weight excluding hydrogens is 554 g/mol. The van der Waals surface area contributed by atoms with Gasteiger partial charge in [-0.2, -0.15) is 0 Å². The van der Waals surface area contributed by atoms with Gasteiger partial charge in [0.25, 0.3) is 0 Å². The van der Waals surface area contributed by atoms with Crippen LogP contribution in [0.15, 0.2) is 115 Å². The number of benzene rings is 4. The van der Waals surface area contributed by atoms with E-state index in [1.165, 1.54) is 16.5 Å². The Kier molecular flexibility index (Phi) is 11.5. The topological polar surface area (TPSA) is 46.5 Å². The highest BCUT2D eigenvalue weighted by Crippen LogP contribution is 2.36. The van der Waals surface area contributed by atoms with Crippen LogP contribution in [0, 0.1) is 0 Å². The standard InChI is InChI=1S/C40H47N3O2/c1-4-42(5-2)25-15-16-31(3)41-40(44)27-37(34-21-14-22-35(26-34)45-30-33-19-10-7-11-20-33)38-29-43(28-32-17-8-6-9-18-32)39-24-13-12-23-36(38)39/h6-14,17-24,26,29,31,37H,4-5,15-16,25,27-28,30H2,1-3H3,(H,41,44)/t31-,37+/m0/s1. The predicted octanol–water partition coefficient (Wildman–Crippen LogP) is 8.42. The normalized spacial score (nSPS) is 12.7. The number of aromatic nitrogens is 1. The number of carbonyl (C=O) groups is 1. The van der Waals surface area contributed by atoms with E-state index in [-0.39, 0.29) is 17.9 Å². The molecule has 1 aromatic heterocycles. The summed E-state index contributed by atoms with van der Waals surface area (Å²) in [7, 11) is 0. The van der Waals surface area contributed by atoms with Gasteiger partial charge in [0.05, 0.1) is 0 Å². The fraction of sp³-hybridized carbons (Fsp3) is 0.325. The number of carbonyl (C=O) groups excluding carboxylic acids is 1. The molecule has 0 unspecified atom stereocenters. The summed E-state index contributed by atoms with van der Waals surface area (Å²) in [6.07, 6.45) is 4.65. The minimum absolute atomic E-state index is 0.0748. The molecule has 5 rings (SSSR count). The lowest BCUT2D eigenvalue weighted by Crippen LogP contribution is -2.34. The van der Waals surface area contributed by atoms with Crippen LogP contribution >= 0.6 is 0 Å². The van der Waals surface area contributed by atoms with Crippen LogP contribution < -0.4 is 10.1 Å². The zero-order chi connectivity index (χ0) is 31.4. The van der Waals surface area contributed by atoms with Crippen LogP contribution in [0.25, 0.3) is 10.9 Å². The summed E-state index contributed by atoms with van der Waals surface area (Å²) in [5.74, 6) is 0.750. The van der Waals surface area contributed by atoms with E-state index in [1.54, 1.807) is 0 Å². The van der Waals surface area contributed by atoms with Crippen molar-refractivity contribution in [3.8, 4) is 5.75 Å². The first kappa shape index (κ1) is 32.1. The van der Waals surface area contributed by atoms with Gasteiger partial charge in [0, 0.05) is 42.0 Å². The van der Waals surface area contributed by atoms with E-state index in [0.29, 0.717) is 13.0 Å². The van der Waals surface area contributed by atoms with Crippen molar-refractivity contribution < 1.29 is 9.53 Å². The molecule has 1 N–H and O–H groups in total. The van der Waals surface area contributed by atoms with Crippen molar-refractivity contribution in [2.45, 2.75) is 65.1 Å². The number of nitrogens with zero attached hydrogens (tertiary/aromatic N) is 2. The number of fused-ring (bicyclic) bond motifs is 1. The molecule has 2 atom stereocenters. The minimum Gasteiger partial charge on any atom is -0.489 e. The van der Waals surface area contributed by atoms with Crippen LogP contribution in [-0.4, -0.2) is 41.1 Å². The van der Waals surface area contributed by atoms with Crippen LogP contribution in [0.3, 0.4) is 0 Å². The fourth-order valence-corrected chi connectivity index (χ4v) is 6.19. The maximum atomic E-state index is 13.7. The van der Waals surface area contributed by atoms with Gasteiger partial charge in [-0.25, -0.2) is 0 Å². The Labute approximate surface area is 268 Å². The molecule has 0 fully saturated rings. The van der Waals surface area contributed by atoms with E-state index in [0.717, 1.165) is 61.5 Å². The molecule has 0 saturated carbocycles. The molecule has 5 aromatic rings. The van der Waals surface area contributed by atoms with Crippen LogP contribution in [-0.2, 0) is 17.9 Å². The Balaban J connectivity index is 1.42. The van der Waals surface area contributed by atoms with Gasteiger partial charge in [-0.3, -0.25) is 4.79 Å². The Morgan fingerprint density at radius 1 is 0.844 bits per heavy atom. The maximum Gasteiger partial charge on any atom is 0.221 e. The monoisotopic (exact) mass is 601 g/mol. The number of rotatable bonds is 16. The molecule has 1 amide bonds. The second kappa shape index (κ2) is 16.1.